The summed E-state index contributed by atoms with van der Waals surface area (Å²) in [5.41, 5.74) is 0. The predicted octanol–water partition coefficient (Wildman–Crippen LogP) is 0.845. The second-order valence-electron chi connectivity index (χ2n) is 3.84. The van der Waals surface area contributed by atoms with Crippen LogP contribution in [0.2, 0.25) is 0 Å². The number of esters is 1. The highest BCUT2D eigenvalue weighted by molar-refractivity contribution is 5.69. The highest BCUT2D eigenvalue weighted by atomic mass is 16.8. The molecule has 0 aromatic heterocycles. The zero-order valence-corrected chi connectivity index (χ0v) is 10.1. The minimum absolute atomic E-state index is 0.0690. The summed E-state index contributed by atoms with van der Waals surface area (Å²) in [5, 5.41) is 3.14. The minimum Gasteiger partial charge on any atom is -0.462 e. The van der Waals surface area contributed by atoms with E-state index in [2.05, 4.69) is 17.0 Å². The minimum atomic E-state index is -0.702. The summed E-state index contributed by atoms with van der Waals surface area (Å²) in [6, 6.07) is 0. The van der Waals surface area contributed by atoms with Crippen molar-refractivity contribution < 1.29 is 23.8 Å². The molecule has 0 aromatic carbocycles. The highest BCUT2D eigenvalue weighted by Gasteiger charge is 2.25. The molecule has 0 bridgehead atoms. The Kier molecular flexibility index (Phi) is 6.39. The zero-order valence-electron chi connectivity index (χ0n) is 10.1. The largest absolute Gasteiger partial charge is 0.508 e. The number of carbonyl (C=O) groups excluding carboxylic acids is 2. The number of unbranched alkanes of at least 4 members (excludes halogenated alkanes) is 1. The fourth-order valence-corrected chi connectivity index (χ4v) is 1.32. The van der Waals surface area contributed by atoms with Gasteiger partial charge in [-0.15, -0.1) is 0 Å². The second kappa shape index (κ2) is 7.89. The molecule has 1 fully saturated rings. The molecule has 1 saturated heterocycles. The van der Waals surface area contributed by atoms with Gasteiger partial charge in [0, 0.05) is 6.54 Å². The second-order valence-corrected chi connectivity index (χ2v) is 3.84. The molecule has 1 heterocycles. The third-order valence-corrected chi connectivity index (χ3v) is 2.29. The van der Waals surface area contributed by atoms with Gasteiger partial charge in [-0.05, 0) is 13.0 Å². The van der Waals surface area contributed by atoms with E-state index in [0.29, 0.717) is 13.0 Å². The van der Waals surface area contributed by atoms with Gasteiger partial charge in [0.05, 0.1) is 6.42 Å². The molecule has 17 heavy (non-hydrogen) atoms. The summed E-state index contributed by atoms with van der Waals surface area (Å²) < 4.78 is 14.2. The number of cyclic esters (lactones) is 2. The van der Waals surface area contributed by atoms with Crippen LogP contribution in [0.1, 0.15) is 26.2 Å². The van der Waals surface area contributed by atoms with Gasteiger partial charge in [0.25, 0.3) is 0 Å². The predicted molar refractivity (Wildman–Crippen MR) is 59.6 cm³/mol. The molecular weight excluding hydrogens is 226 g/mol. The lowest BCUT2D eigenvalue weighted by Gasteiger charge is -2.08. The van der Waals surface area contributed by atoms with Gasteiger partial charge in [-0.25, -0.2) is 4.79 Å². The van der Waals surface area contributed by atoms with E-state index in [9.17, 15) is 9.59 Å². The molecule has 0 amide bonds. The van der Waals surface area contributed by atoms with E-state index < -0.39 is 12.3 Å². The lowest BCUT2D eigenvalue weighted by Crippen LogP contribution is -2.24. The topological polar surface area (TPSA) is 73.9 Å². The maximum Gasteiger partial charge on any atom is 0.508 e. The summed E-state index contributed by atoms with van der Waals surface area (Å²) in [6.07, 6.45) is 1.40. The summed E-state index contributed by atoms with van der Waals surface area (Å²) >= 11 is 0. The van der Waals surface area contributed by atoms with Crippen LogP contribution in [0, 0.1) is 0 Å². The van der Waals surface area contributed by atoms with Crippen LogP contribution in [0.5, 0.6) is 0 Å². The van der Waals surface area contributed by atoms with Gasteiger partial charge in [0.15, 0.2) is 6.10 Å². The van der Waals surface area contributed by atoms with E-state index in [-0.39, 0.29) is 19.2 Å². The smallest absolute Gasteiger partial charge is 0.462 e. The molecule has 0 radical (unpaired) electrons. The van der Waals surface area contributed by atoms with Gasteiger partial charge >= 0.3 is 12.1 Å². The molecule has 1 unspecified atom stereocenters. The highest BCUT2D eigenvalue weighted by Crippen LogP contribution is 2.06. The Balaban J connectivity index is 1.96. The first-order valence-corrected chi connectivity index (χ1v) is 5.92. The van der Waals surface area contributed by atoms with Crippen molar-refractivity contribution in [2.45, 2.75) is 32.3 Å². The van der Waals surface area contributed by atoms with E-state index >= 15 is 0 Å². The van der Waals surface area contributed by atoms with Gasteiger partial charge < -0.3 is 19.5 Å². The summed E-state index contributed by atoms with van der Waals surface area (Å²) in [7, 11) is 0. The van der Waals surface area contributed by atoms with Gasteiger partial charge in [-0.2, -0.15) is 0 Å². The lowest BCUT2D eigenvalue weighted by atomic mass is 10.3. The van der Waals surface area contributed by atoms with E-state index in [1.165, 1.54) is 0 Å². The van der Waals surface area contributed by atoms with Crippen molar-refractivity contribution in [1.29, 1.82) is 0 Å². The van der Waals surface area contributed by atoms with Gasteiger partial charge in [0.1, 0.15) is 13.2 Å². The van der Waals surface area contributed by atoms with Crippen molar-refractivity contribution >= 4 is 12.1 Å². The number of rotatable bonds is 8. The fourth-order valence-electron chi connectivity index (χ4n) is 1.32. The molecule has 1 aliphatic rings. The Morgan fingerprint density at radius 2 is 2.35 bits per heavy atom. The average molecular weight is 245 g/mol. The van der Waals surface area contributed by atoms with E-state index in [4.69, 9.17) is 9.47 Å². The van der Waals surface area contributed by atoms with Crippen LogP contribution in [-0.4, -0.2) is 44.5 Å². The van der Waals surface area contributed by atoms with Crippen molar-refractivity contribution in [2.75, 3.05) is 26.3 Å². The van der Waals surface area contributed by atoms with Crippen molar-refractivity contribution in [1.82, 2.24) is 5.32 Å². The Morgan fingerprint density at radius 3 is 3.00 bits per heavy atom. The third kappa shape index (κ3) is 6.11. The van der Waals surface area contributed by atoms with E-state index in [1.807, 2.05) is 0 Å². The normalized spacial score (nSPS) is 18.6. The summed E-state index contributed by atoms with van der Waals surface area (Å²) in [5.74, 6) is -0.294. The van der Waals surface area contributed by atoms with Crippen molar-refractivity contribution in [2.24, 2.45) is 0 Å². The quantitative estimate of drug-likeness (QED) is 0.504. The maximum atomic E-state index is 11.3. The van der Waals surface area contributed by atoms with Crippen LogP contribution in [-0.2, 0) is 19.0 Å². The first kappa shape index (κ1) is 13.8. The molecule has 1 rings (SSSR count). The summed E-state index contributed by atoms with van der Waals surface area (Å²) in [4.78, 5) is 21.8. The monoisotopic (exact) mass is 245 g/mol. The van der Waals surface area contributed by atoms with Crippen molar-refractivity contribution in [3.63, 3.8) is 0 Å². The third-order valence-electron chi connectivity index (χ3n) is 2.29. The summed E-state index contributed by atoms with van der Waals surface area (Å²) in [6.45, 7) is 3.86. The van der Waals surface area contributed by atoms with Crippen molar-refractivity contribution in [3.8, 4) is 0 Å². The van der Waals surface area contributed by atoms with Crippen LogP contribution in [0.25, 0.3) is 0 Å². The van der Waals surface area contributed by atoms with Gasteiger partial charge in [0.2, 0.25) is 0 Å². The Morgan fingerprint density at radius 1 is 1.53 bits per heavy atom. The number of hydrogen-bond acceptors (Lipinski definition) is 6. The SMILES string of the molecule is CCCCNCCC(=O)OCC1COC(=O)O1. The van der Waals surface area contributed by atoms with Crippen LogP contribution >= 0.6 is 0 Å². The van der Waals surface area contributed by atoms with E-state index in [1.54, 1.807) is 0 Å². The number of carbonyl (C=O) groups is 2. The molecule has 1 aliphatic heterocycles. The molecule has 98 valence electrons. The van der Waals surface area contributed by atoms with Crippen LogP contribution in [0.4, 0.5) is 4.79 Å². The zero-order chi connectivity index (χ0) is 12.5. The van der Waals surface area contributed by atoms with Crippen LogP contribution < -0.4 is 5.32 Å². The van der Waals surface area contributed by atoms with Crippen molar-refractivity contribution in [3.05, 3.63) is 0 Å². The fraction of sp³-hybridized carbons (Fsp3) is 0.818. The molecular formula is C11H19NO5. The van der Waals surface area contributed by atoms with Gasteiger partial charge in [-0.1, -0.05) is 13.3 Å². The lowest BCUT2D eigenvalue weighted by molar-refractivity contribution is -0.145. The van der Waals surface area contributed by atoms with Gasteiger partial charge in [-0.3, -0.25) is 4.79 Å². The Bertz CT molecular complexity index is 256. The van der Waals surface area contributed by atoms with Crippen LogP contribution in [0.15, 0.2) is 0 Å². The molecule has 0 spiro atoms. The Hall–Kier alpha value is -1.30. The number of ether oxygens (including phenoxy) is 3. The molecule has 1 atom stereocenters. The molecule has 0 aromatic rings. The molecule has 0 aliphatic carbocycles. The van der Waals surface area contributed by atoms with Crippen LogP contribution in [0.3, 0.4) is 0 Å². The average Bonchev–Trinajstić information content (AvgIpc) is 2.72. The molecule has 6 heteroatoms. The first-order valence-electron chi connectivity index (χ1n) is 5.92. The molecule has 0 saturated carbocycles. The first-order chi connectivity index (χ1) is 8.22. The molecule has 1 N–H and O–H groups in total. The Labute approximate surface area is 101 Å². The van der Waals surface area contributed by atoms with E-state index in [0.717, 1.165) is 19.4 Å². The maximum absolute atomic E-state index is 11.3. The number of nitrogens with one attached hydrogen (secondary N) is 1. The molecule has 6 nitrogen and oxygen atoms in total. The number of hydrogen-bond donors (Lipinski definition) is 1. The standard InChI is InChI=1S/C11H19NO5/c1-2-3-5-12-6-4-10(13)15-7-9-8-16-11(14)17-9/h9,12H,2-8H2,1H3.